The van der Waals surface area contributed by atoms with Crippen LogP contribution in [0.1, 0.15) is 23.6 Å². The molecular weight excluding hydrogens is 393 g/mol. The molecule has 2 aromatic carbocycles. The molecule has 0 saturated carbocycles. The molecule has 1 fully saturated rings. The Bertz CT molecular complexity index is 877. The molecule has 0 bridgehead atoms. The van der Waals surface area contributed by atoms with Gasteiger partial charge in [0.05, 0.1) is 5.56 Å². The molecule has 1 heterocycles. The summed E-state index contributed by atoms with van der Waals surface area (Å²) in [6.45, 7) is 9.17. The normalized spacial score (nSPS) is 15.2. The number of rotatable bonds is 5. The van der Waals surface area contributed by atoms with Crippen molar-refractivity contribution < 1.29 is 18.0 Å². The first-order valence-corrected chi connectivity index (χ1v) is 10.0. The SMILES string of the molecule is CCN1CCN(c2ccc(NC(=O)NCc3cccc(C(F)(F)F)c3)c(C)c2)CC1. The molecule has 2 N–H and O–H groups in total. The van der Waals surface area contributed by atoms with Gasteiger partial charge in [-0.1, -0.05) is 19.1 Å². The number of urea groups is 1. The molecule has 0 aliphatic carbocycles. The van der Waals surface area contributed by atoms with E-state index in [2.05, 4.69) is 27.4 Å². The van der Waals surface area contributed by atoms with Gasteiger partial charge in [0.15, 0.2) is 0 Å². The molecule has 0 aromatic heterocycles. The number of anilines is 2. The Morgan fingerprint density at radius 1 is 1.07 bits per heavy atom. The Morgan fingerprint density at radius 2 is 1.80 bits per heavy atom. The first kappa shape index (κ1) is 22.0. The third-order valence-corrected chi connectivity index (χ3v) is 5.35. The number of carbonyl (C=O) groups is 1. The highest BCUT2D eigenvalue weighted by molar-refractivity contribution is 5.90. The number of nitrogens with zero attached hydrogens (tertiary/aromatic N) is 2. The first-order chi connectivity index (χ1) is 14.3. The highest BCUT2D eigenvalue weighted by Gasteiger charge is 2.30. The smallest absolute Gasteiger partial charge is 0.369 e. The third-order valence-electron chi connectivity index (χ3n) is 5.35. The molecule has 1 aliphatic rings. The molecule has 2 amide bonds. The van der Waals surface area contributed by atoms with Crippen molar-refractivity contribution in [2.24, 2.45) is 0 Å². The van der Waals surface area contributed by atoms with Gasteiger partial charge in [0.1, 0.15) is 0 Å². The van der Waals surface area contributed by atoms with E-state index in [9.17, 15) is 18.0 Å². The van der Waals surface area contributed by atoms with E-state index in [-0.39, 0.29) is 6.54 Å². The van der Waals surface area contributed by atoms with Gasteiger partial charge in [-0.05, 0) is 54.9 Å². The van der Waals surface area contributed by atoms with Crippen molar-refractivity contribution in [1.29, 1.82) is 0 Å². The van der Waals surface area contributed by atoms with Gasteiger partial charge < -0.3 is 20.4 Å². The standard InChI is InChI=1S/C22H27F3N4O/c1-3-28-9-11-29(12-10-28)19-7-8-20(16(2)13-19)27-21(30)26-15-17-5-4-6-18(14-17)22(23,24)25/h4-8,13-14H,3,9-12,15H2,1-2H3,(H2,26,27,30). The average molecular weight is 420 g/mol. The quantitative estimate of drug-likeness (QED) is 0.750. The number of nitrogens with one attached hydrogen (secondary N) is 2. The van der Waals surface area contributed by atoms with Crippen molar-refractivity contribution in [2.45, 2.75) is 26.6 Å². The number of halogens is 3. The largest absolute Gasteiger partial charge is 0.416 e. The van der Waals surface area contributed by atoms with Crippen LogP contribution in [0.5, 0.6) is 0 Å². The predicted molar refractivity (Wildman–Crippen MR) is 113 cm³/mol. The maximum Gasteiger partial charge on any atom is 0.416 e. The summed E-state index contributed by atoms with van der Waals surface area (Å²) in [5.41, 5.74) is 2.39. The second-order valence-electron chi connectivity index (χ2n) is 7.43. The fourth-order valence-corrected chi connectivity index (χ4v) is 3.51. The van der Waals surface area contributed by atoms with Crippen molar-refractivity contribution in [1.82, 2.24) is 10.2 Å². The van der Waals surface area contributed by atoms with E-state index in [1.165, 1.54) is 6.07 Å². The Hall–Kier alpha value is -2.74. The van der Waals surface area contributed by atoms with Gasteiger partial charge in [0.25, 0.3) is 0 Å². The number of likely N-dealkylation sites (N-methyl/N-ethyl adjacent to an activating group) is 1. The molecule has 3 rings (SSSR count). The Balaban J connectivity index is 1.55. The number of hydrogen-bond donors (Lipinski definition) is 2. The van der Waals surface area contributed by atoms with Crippen LogP contribution in [0.25, 0.3) is 0 Å². The van der Waals surface area contributed by atoms with Gasteiger partial charge in [-0.2, -0.15) is 13.2 Å². The number of alkyl halides is 3. The van der Waals surface area contributed by atoms with Gasteiger partial charge >= 0.3 is 12.2 Å². The molecular formula is C22H27F3N4O. The number of aryl methyl sites for hydroxylation is 1. The van der Waals surface area contributed by atoms with Crippen molar-refractivity contribution in [3.8, 4) is 0 Å². The van der Waals surface area contributed by atoms with E-state index in [1.807, 2.05) is 25.1 Å². The molecule has 0 unspecified atom stereocenters. The van der Waals surface area contributed by atoms with Crippen molar-refractivity contribution in [3.05, 3.63) is 59.2 Å². The molecule has 30 heavy (non-hydrogen) atoms. The first-order valence-electron chi connectivity index (χ1n) is 10.0. The molecule has 1 saturated heterocycles. The van der Waals surface area contributed by atoms with Crippen LogP contribution in [-0.4, -0.2) is 43.7 Å². The maximum atomic E-state index is 12.8. The number of carbonyl (C=O) groups excluding carboxylic acids is 1. The summed E-state index contributed by atoms with van der Waals surface area (Å²) >= 11 is 0. The highest BCUT2D eigenvalue weighted by atomic mass is 19.4. The van der Waals surface area contributed by atoms with Crippen LogP contribution >= 0.6 is 0 Å². The Morgan fingerprint density at radius 3 is 2.43 bits per heavy atom. The van der Waals surface area contributed by atoms with Crippen LogP contribution in [0.3, 0.4) is 0 Å². The zero-order valence-corrected chi connectivity index (χ0v) is 17.2. The second-order valence-corrected chi connectivity index (χ2v) is 7.43. The number of hydrogen-bond acceptors (Lipinski definition) is 3. The van der Waals surface area contributed by atoms with Crippen LogP contribution in [0.4, 0.5) is 29.3 Å². The maximum absolute atomic E-state index is 12.8. The zero-order chi connectivity index (χ0) is 21.7. The Kier molecular flexibility index (Phi) is 6.87. The van der Waals surface area contributed by atoms with Crippen LogP contribution in [0, 0.1) is 6.92 Å². The predicted octanol–water partition coefficient (Wildman–Crippen LogP) is 4.48. The van der Waals surface area contributed by atoms with E-state index in [1.54, 1.807) is 6.07 Å². The van der Waals surface area contributed by atoms with E-state index < -0.39 is 17.8 Å². The number of amides is 2. The molecule has 2 aromatic rings. The molecule has 0 atom stereocenters. The highest BCUT2D eigenvalue weighted by Crippen LogP contribution is 2.29. The van der Waals surface area contributed by atoms with E-state index in [0.717, 1.165) is 56.1 Å². The fraction of sp³-hybridized carbons (Fsp3) is 0.409. The minimum Gasteiger partial charge on any atom is -0.369 e. The van der Waals surface area contributed by atoms with E-state index >= 15 is 0 Å². The van der Waals surface area contributed by atoms with Crippen LogP contribution in [0.15, 0.2) is 42.5 Å². The van der Waals surface area contributed by atoms with E-state index in [4.69, 9.17) is 0 Å². The fourth-order valence-electron chi connectivity index (χ4n) is 3.51. The third kappa shape index (κ3) is 5.66. The molecule has 162 valence electrons. The van der Waals surface area contributed by atoms with Crippen molar-refractivity contribution in [3.63, 3.8) is 0 Å². The summed E-state index contributed by atoms with van der Waals surface area (Å²) in [4.78, 5) is 17.0. The zero-order valence-electron chi connectivity index (χ0n) is 17.2. The van der Waals surface area contributed by atoms with Crippen LogP contribution in [-0.2, 0) is 12.7 Å². The average Bonchev–Trinajstić information content (AvgIpc) is 2.73. The molecule has 0 spiro atoms. The summed E-state index contributed by atoms with van der Waals surface area (Å²) in [6.07, 6.45) is -4.40. The molecule has 8 heteroatoms. The molecule has 1 aliphatic heterocycles. The summed E-state index contributed by atoms with van der Waals surface area (Å²) < 4.78 is 38.4. The van der Waals surface area contributed by atoms with Gasteiger partial charge in [-0.25, -0.2) is 4.79 Å². The van der Waals surface area contributed by atoms with Crippen LogP contribution in [0.2, 0.25) is 0 Å². The van der Waals surface area contributed by atoms with Gasteiger partial charge in [-0.15, -0.1) is 0 Å². The van der Waals surface area contributed by atoms with Gasteiger partial charge in [0, 0.05) is 44.1 Å². The summed E-state index contributed by atoms with van der Waals surface area (Å²) in [5.74, 6) is 0. The van der Waals surface area contributed by atoms with Gasteiger partial charge in [-0.3, -0.25) is 0 Å². The minimum absolute atomic E-state index is 0.00852. The lowest BCUT2D eigenvalue weighted by Crippen LogP contribution is -2.46. The van der Waals surface area contributed by atoms with E-state index in [0.29, 0.717) is 11.3 Å². The summed E-state index contributed by atoms with van der Waals surface area (Å²) in [6, 6.07) is 10.4. The lowest BCUT2D eigenvalue weighted by molar-refractivity contribution is -0.137. The van der Waals surface area contributed by atoms with Crippen molar-refractivity contribution in [2.75, 3.05) is 42.9 Å². The van der Waals surface area contributed by atoms with Crippen molar-refractivity contribution >= 4 is 17.4 Å². The number of piperazine rings is 1. The Labute approximate surface area is 174 Å². The second kappa shape index (κ2) is 9.38. The summed E-state index contributed by atoms with van der Waals surface area (Å²) in [7, 11) is 0. The minimum atomic E-state index is -4.40. The summed E-state index contributed by atoms with van der Waals surface area (Å²) in [5, 5.41) is 5.38. The molecule has 5 nitrogen and oxygen atoms in total. The van der Waals surface area contributed by atoms with Gasteiger partial charge in [0.2, 0.25) is 0 Å². The lowest BCUT2D eigenvalue weighted by Gasteiger charge is -2.35. The molecule has 0 radical (unpaired) electrons. The topological polar surface area (TPSA) is 47.6 Å². The lowest BCUT2D eigenvalue weighted by atomic mass is 10.1. The monoisotopic (exact) mass is 420 g/mol. The van der Waals surface area contributed by atoms with Crippen LogP contribution < -0.4 is 15.5 Å². The number of benzene rings is 2.